The Morgan fingerprint density at radius 3 is 2.85 bits per heavy atom. The smallest absolute Gasteiger partial charge is 0.358 e. The number of aromatic nitrogens is 2. The zero-order chi connectivity index (χ0) is 14.5. The van der Waals surface area contributed by atoms with Gasteiger partial charge in [0.15, 0.2) is 5.69 Å². The zero-order valence-electron chi connectivity index (χ0n) is 10.9. The van der Waals surface area contributed by atoms with Gasteiger partial charge in [0.2, 0.25) is 5.95 Å². The summed E-state index contributed by atoms with van der Waals surface area (Å²) in [6.07, 6.45) is 1.34. The topological polar surface area (TPSA) is 73.3 Å². The van der Waals surface area contributed by atoms with Crippen LogP contribution in [0.15, 0.2) is 30.5 Å². The van der Waals surface area contributed by atoms with Gasteiger partial charge < -0.3 is 14.8 Å². The molecule has 0 saturated heterocycles. The Morgan fingerprint density at radius 1 is 1.35 bits per heavy atom. The molecule has 7 heteroatoms. The number of anilines is 2. The van der Waals surface area contributed by atoms with Crippen molar-refractivity contribution >= 4 is 29.2 Å². The first kappa shape index (κ1) is 14.1. The van der Waals surface area contributed by atoms with Crippen molar-refractivity contribution in [2.45, 2.75) is 0 Å². The van der Waals surface area contributed by atoms with E-state index in [1.807, 2.05) is 18.2 Å². The number of hydrogen-bond donors (Lipinski definition) is 1. The average Bonchev–Trinajstić information content (AvgIpc) is 2.48. The molecule has 0 bridgehead atoms. The lowest BCUT2D eigenvalue weighted by Crippen LogP contribution is -2.08. The van der Waals surface area contributed by atoms with E-state index in [2.05, 4.69) is 20.0 Å². The second kappa shape index (κ2) is 6.21. The molecule has 1 aromatic heterocycles. The van der Waals surface area contributed by atoms with Crippen LogP contribution < -0.4 is 10.1 Å². The molecule has 1 heterocycles. The Bertz CT molecular complexity index is 634. The van der Waals surface area contributed by atoms with Crippen molar-refractivity contribution in [3.05, 3.63) is 41.2 Å². The summed E-state index contributed by atoms with van der Waals surface area (Å²) < 4.78 is 9.71. The van der Waals surface area contributed by atoms with Crippen molar-refractivity contribution in [2.75, 3.05) is 19.5 Å². The van der Waals surface area contributed by atoms with Crippen molar-refractivity contribution in [2.24, 2.45) is 0 Å². The Balaban J connectivity index is 2.27. The van der Waals surface area contributed by atoms with Crippen LogP contribution in [0.25, 0.3) is 0 Å². The molecule has 0 radical (unpaired) electrons. The minimum absolute atomic E-state index is 0.00885. The summed E-state index contributed by atoms with van der Waals surface area (Å²) in [5, 5.41) is 3.09. The van der Waals surface area contributed by atoms with E-state index in [-0.39, 0.29) is 16.7 Å². The summed E-state index contributed by atoms with van der Waals surface area (Å²) in [6, 6.07) is 7.22. The lowest BCUT2D eigenvalue weighted by Gasteiger charge is -2.08. The summed E-state index contributed by atoms with van der Waals surface area (Å²) in [5.41, 5.74) is 0.733. The van der Waals surface area contributed by atoms with Crippen molar-refractivity contribution in [1.82, 2.24) is 9.97 Å². The maximum Gasteiger partial charge on any atom is 0.358 e. The summed E-state index contributed by atoms with van der Waals surface area (Å²) in [4.78, 5) is 19.5. The van der Waals surface area contributed by atoms with E-state index in [9.17, 15) is 4.79 Å². The number of carbonyl (C=O) groups is 1. The fourth-order valence-electron chi connectivity index (χ4n) is 1.50. The maximum absolute atomic E-state index is 11.5. The largest absolute Gasteiger partial charge is 0.497 e. The maximum atomic E-state index is 11.5. The van der Waals surface area contributed by atoms with E-state index in [1.54, 1.807) is 13.2 Å². The molecule has 1 aromatic carbocycles. The summed E-state index contributed by atoms with van der Waals surface area (Å²) in [7, 11) is 2.84. The molecule has 104 valence electrons. The molecule has 6 nitrogen and oxygen atoms in total. The van der Waals surface area contributed by atoms with Gasteiger partial charge in [0.25, 0.3) is 0 Å². The van der Waals surface area contributed by atoms with Crippen molar-refractivity contribution in [1.29, 1.82) is 0 Å². The lowest BCUT2D eigenvalue weighted by atomic mass is 10.3. The van der Waals surface area contributed by atoms with Gasteiger partial charge in [-0.25, -0.2) is 14.8 Å². The highest BCUT2D eigenvalue weighted by atomic mass is 35.5. The number of methoxy groups -OCH3 is 2. The molecule has 0 spiro atoms. The molecule has 2 aromatic rings. The number of nitrogens with one attached hydrogen (secondary N) is 1. The molecule has 0 saturated carbocycles. The molecule has 0 unspecified atom stereocenters. The number of benzene rings is 1. The van der Waals surface area contributed by atoms with E-state index in [4.69, 9.17) is 16.3 Å². The molecule has 0 aliphatic rings. The number of ether oxygens (including phenoxy) is 2. The fraction of sp³-hybridized carbons (Fsp3) is 0.154. The van der Waals surface area contributed by atoms with Gasteiger partial charge in [-0.2, -0.15) is 0 Å². The SMILES string of the molecule is COC(=O)c1nc(Nc2cccc(OC)c2)ncc1Cl. The second-order valence-electron chi connectivity index (χ2n) is 3.74. The van der Waals surface area contributed by atoms with Crippen LogP contribution in [0.5, 0.6) is 5.75 Å². The number of hydrogen-bond acceptors (Lipinski definition) is 6. The summed E-state index contributed by atoms with van der Waals surface area (Å²) in [5.74, 6) is 0.311. The van der Waals surface area contributed by atoms with Crippen LogP contribution in [0.1, 0.15) is 10.5 Å². The second-order valence-corrected chi connectivity index (χ2v) is 4.15. The van der Waals surface area contributed by atoms with Crippen molar-refractivity contribution < 1.29 is 14.3 Å². The first-order chi connectivity index (χ1) is 9.63. The third-order valence-corrected chi connectivity index (χ3v) is 2.73. The Hall–Kier alpha value is -2.34. The van der Waals surface area contributed by atoms with Gasteiger partial charge in [0, 0.05) is 11.8 Å². The molecule has 2 rings (SSSR count). The summed E-state index contributed by atoms with van der Waals surface area (Å²) >= 11 is 5.85. The normalized spacial score (nSPS) is 9.95. The fourth-order valence-corrected chi connectivity index (χ4v) is 1.67. The van der Waals surface area contributed by atoms with E-state index < -0.39 is 5.97 Å². The van der Waals surface area contributed by atoms with Crippen LogP contribution in [0.4, 0.5) is 11.6 Å². The van der Waals surface area contributed by atoms with Crippen LogP contribution in [0.3, 0.4) is 0 Å². The van der Waals surface area contributed by atoms with Gasteiger partial charge in [0.05, 0.1) is 25.4 Å². The van der Waals surface area contributed by atoms with Gasteiger partial charge >= 0.3 is 5.97 Å². The highest BCUT2D eigenvalue weighted by Crippen LogP contribution is 2.21. The first-order valence-corrected chi connectivity index (χ1v) is 6.03. The van der Waals surface area contributed by atoms with Crippen molar-refractivity contribution in [3.8, 4) is 5.75 Å². The monoisotopic (exact) mass is 293 g/mol. The molecule has 20 heavy (non-hydrogen) atoms. The average molecular weight is 294 g/mol. The van der Waals surface area contributed by atoms with Gasteiger partial charge in [-0.3, -0.25) is 0 Å². The molecule has 0 fully saturated rings. The molecule has 0 atom stereocenters. The minimum atomic E-state index is -0.619. The minimum Gasteiger partial charge on any atom is -0.497 e. The van der Waals surface area contributed by atoms with Crippen LogP contribution in [-0.2, 0) is 4.74 Å². The van der Waals surface area contributed by atoms with Gasteiger partial charge in [0.1, 0.15) is 5.75 Å². The third kappa shape index (κ3) is 3.16. The zero-order valence-corrected chi connectivity index (χ0v) is 11.6. The molecule has 0 amide bonds. The Morgan fingerprint density at radius 2 is 2.15 bits per heavy atom. The van der Waals surface area contributed by atoms with Crippen LogP contribution in [0, 0.1) is 0 Å². The summed E-state index contributed by atoms with van der Waals surface area (Å²) in [6.45, 7) is 0. The number of rotatable bonds is 4. The van der Waals surface area contributed by atoms with Crippen LogP contribution in [0.2, 0.25) is 5.02 Å². The van der Waals surface area contributed by atoms with Gasteiger partial charge in [-0.1, -0.05) is 17.7 Å². The predicted molar refractivity (Wildman–Crippen MR) is 74.7 cm³/mol. The number of nitrogens with zero attached hydrogens (tertiary/aromatic N) is 2. The predicted octanol–water partition coefficient (Wildman–Crippen LogP) is 2.67. The molecule has 0 aliphatic carbocycles. The molecule has 0 aliphatic heterocycles. The Kier molecular flexibility index (Phi) is 4.37. The number of halogens is 1. The quantitative estimate of drug-likeness (QED) is 0.874. The number of esters is 1. The molecular weight excluding hydrogens is 282 g/mol. The van der Waals surface area contributed by atoms with Crippen LogP contribution >= 0.6 is 11.6 Å². The van der Waals surface area contributed by atoms with E-state index in [0.717, 1.165) is 5.69 Å². The standard InChI is InChI=1S/C13H12ClN3O3/c1-19-9-5-3-4-8(6-9)16-13-15-7-10(14)11(17-13)12(18)20-2/h3-7H,1-2H3,(H,15,16,17). The van der Waals surface area contributed by atoms with Crippen LogP contribution in [-0.4, -0.2) is 30.2 Å². The lowest BCUT2D eigenvalue weighted by molar-refractivity contribution is 0.0594. The first-order valence-electron chi connectivity index (χ1n) is 5.66. The van der Waals surface area contributed by atoms with Gasteiger partial charge in [-0.15, -0.1) is 0 Å². The van der Waals surface area contributed by atoms with Crippen molar-refractivity contribution in [3.63, 3.8) is 0 Å². The highest BCUT2D eigenvalue weighted by Gasteiger charge is 2.14. The third-order valence-electron chi connectivity index (χ3n) is 2.45. The van der Waals surface area contributed by atoms with E-state index in [0.29, 0.717) is 5.75 Å². The van der Waals surface area contributed by atoms with E-state index in [1.165, 1.54) is 13.3 Å². The Labute approximate surface area is 120 Å². The van der Waals surface area contributed by atoms with Gasteiger partial charge in [-0.05, 0) is 12.1 Å². The molecule has 1 N–H and O–H groups in total. The van der Waals surface area contributed by atoms with E-state index >= 15 is 0 Å². The highest BCUT2D eigenvalue weighted by molar-refractivity contribution is 6.33. The molecular formula is C13H12ClN3O3. The number of carbonyl (C=O) groups excluding carboxylic acids is 1.